The quantitative estimate of drug-likeness (QED) is 0.660. The highest BCUT2D eigenvalue weighted by atomic mass is 16.6. The number of benzene rings is 2. The maximum Gasteiger partial charge on any atom is 0.410 e. The highest BCUT2D eigenvalue weighted by Crippen LogP contribution is 2.34. The predicted octanol–water partition coefficient (Wildman–Crippen LogP) is 1.97. The molecule has 4 amide bonds. The highest BCUT2D eigenvalue weighted by molar-refractivity contribution is 6.07. The summed E-state index contributed by atoms with van der Waals surface area (Å²) in [6.45, 7) is 1.64. The molecule has 2 unspecified atom stereocenters. The third-order valence-electron chi connectivity index (χ3n) is 5.97. The zero-order valence-corrected chi connectivity index (χ0v) is 16.3. The van der Waals surface area contributed by atoms with E-state index in [4.69, 9.17) is 4.74 Å². The second kappa shape index (κ2) is 7.05. The van der Waals surface area contributed by atoms with Gasteiger partial charge >= 0.3 is 12.1 Å². The molecule has 1 aliphatic carbocycles. The molecule has 0 radical (unpaired) electrons. The van der Waals surface area contributed by atoms with E-state index in [2.05, 4.69) is 16.0 Å². The third kappa shape index (κ3) is 3.24. The Morgan fingerprint density at radius 1 is 1.07 bits per heavy atom. The smallest absolute Gasteiger partial charge is 0.410 e. The first-order chi connectivity index (χ1) is 14.5. The lowest BCUT2D eigenvalue weighted by atomic mass is 9.96. The van der Waals surface area contributed by atoms with E-state index in [1.165, 1.54) is 0 Å². The van der Waals surface area contributed by atoms with E-state index < -0.39 is 11.6 Å². The van der Waals surface area contributed by atoms with Crippen molar-refractivity contribution in [3.05, 3.63) is 65.2 Å². The van der Waals surface area contributed by atoms with Crippen molar-refractivity contribution in [3.8, 4) is 0 Å². The van der Waals surface area contributed by atoms with Gasteiger partial charge in [0, 0.05) is 31.6 Å². The lowest BCUT2D eigenvalue weighted by Crippen LogP contribution is -2.47. The molecule has 0 aromatic heterocycles. The average molecular weight is 406 g/mol. The summed E-state index contributed by atoms with van der Waals surface area (Å²) in [7, 11) is 0. The number of carbonyl (C=O) groups excluding carboxylic acids is 3. The number of ether oxygens (including phenoxy) is 1. The van der Waals surface area contributed by atoms with Crippen molar-refractivity contribution in [2.75, 3.05) is 25.0 Å². The number of nitrogens with one attached hydrogen (secondary N) is 3. The van der Waals surface area contributed by atoms with Crippen LogP contribution in [0.25, 0.3) is 0 Å². The number of rotatable bonds is 5. The Hall–Kier alpha value is -3.55. The Kier molecular flexibility index (Phi) is 4.34. The predicted molar refractivity (Wildman–Crippen MR) is 109 cm³/mol. The molecule has 3 N–H and O–H groups in total. The molecule has 2 fully saturated rings. The topological polar surface area (TPSA) is 99.8 Å². The van der Waals surface area contributed by atoms with Gasteiger partial charge < -0.3 is 20.3 Å². The molecule has 2 aromatic rings. The summed E-state index contributed by atoms with van der Waals surface area (Å²) >= 11 is 0. The molecule has 2 saturated heterocycles. The van der Waals surface area contributed by atoms with E-state index in [1.807, 2.05) is 48.5 Å². The van der Waals surface area contributed by atoms with Crippen LogP contribution in [0.3, 0.4) is 0 Å². The van der Waals surface area contributed by atoms with Crippen molar-refractivity contribution in [1.82, 2.24) is 15.5 Å². The van der Waals surface area contributed by atoms with Gasteiger partial charge in [0.25, 0.3) is 5.91 Å². The number of amides is 4. The first-order valence-corrected chi connectivity index (χ1v) is 10.0. The molecule has 2 heterocycles. The van der Waals surface area contributed by atoms with E-state index in [-0.39, 0.29) is 18.1 Å². The Balaban J connectivity index is 1.17. The van der Waals surface area contributed by atoms with E-state index in [9.17, 15) is 14.4 Å². The van der Waals surface area contributed by atoms with Gasteiger partial charge in [0.1, 0.15) is 11.6 Å². The van der Waals surface area contributed by atoms with Crippen molar-refractivity contribution < 1.29 is 19.1 Å². The van der Waals surface area contributed by atoms with Crippen molar-refractivity contribution in [2.45, 2.75) is 24.5 Å². The SMILES string of the molecule is O=C1NC(=O)C2(Cc3ccc(NCCN4CC(c5ccccc5)OC4=O)cc3C2)N1. The van der Waals surface area contributed by atoms with Gasteiger partial charge in [-0.1, -0.05) is 36.4 Å². The maximum absolute atomic E-state index is 12.2. The molecule has 2 aliphatic heterocycles. The summed E-state index contributed by atoms with van der Waals surface area (Å²) in [5.41, 5.74) is 3.16. The number of hydrogen-bond acceptors (Lipinski definition) is 5. The van der Waals surface area contributed by atoms with Gasteiger partial charge in [-0.05, 0) is 28.8 Å². The van der Waals surface area contributed by atoms with Crippen LogP contribution in [0.2, 0.25) is 0 Å². The molecule has 30 heavy (non-hydrogen) atoms. The Morgan fingerprint density at radius 2 is 1.87 bits per heavy atom. The zero-order valence-electron chi connectivity index (χ0n) is 16.3. The molecule has 2 aromatic carbocycles. The largest absolute Gasteiger partial charge is 0.439 e. The van der Waals surface area contributed by atoms with Gasteiger partial charge in [-0.3, -0.25) is 10.1 Å². The van der Waals surface area contributed by atoms with Crippen LogP contribution < -0.4 is 16.0 Å². The Bertz CT molecular complexity index is 1030. The number of fused-ring (bicyclic) bond motifs is 1. The molecule has 0 saturated carbocycles. The fourth-order valence-corrected chi connectivity index (χ4v) is 4.43. The van der Waals surface area contributed by atoms with Crippen LogP contribution in [-0.4, -0.2) is 48.1 Å². The van der Waals surface area contributed by atoms with Gasteiger partial charge in [0.05, 0.1) is 6.54 Å². The van der Waals surface area contributed by atoms with Gasteiger partial charge in [-0.25, -0.2) is 9.59 Å². The molecular weight excluding hydrogens is 384 g/mol. The monoisotopic (exact) mass is 406 g/mol. The van der Waals surface area contributed by atoms with E-state index in [0.717, 1.165) is 22.4 Å². The lowest BCUT2D eigenvalue weighted by molar-refractivity contribution is -0.123. The van der Waals surface area contributed by atoms with Crippen molar-refractivity contribution in [3.63, 3.8) is 0 Å². The summed E-state index contributed by atoms with van der Waals surface area (Å²) in [5.74, 6) is -0.265. The van der Waals surface area contributed by atoms with Crippen molar-refractivity contribution >= 4 is 23.7 Å². The van der Waals surface area contributed by atoms with Crippen LogP contribution in [0.5, 0.6) is 0 Å². The zero-order chi connectivity index (χ0) is 20.7. The van der Waals surface area contributed by atoms with Crippen LogP contribution in [0.4, 0.5) is 15.3 Å². The number of nitrogens with zero attached hydrogens (tertiary/aromatic N) is 1. The molecule has 2 atom stereocenters. The molecule has 154 valence electrons. The summed E-state index contributed by atoms with van der Waals surface area (Å²) in [5, 5.41) is 8.44. The molecule has 1 spiro atoms. The molecule has 5 rings (SSSR count). The van der Waals surface area contributed by atoms with Crippen LogP contribution in [0.1, 0.15) is 22.8 Å². The number of hydrogen-bond donors (Lipinski definition) is 3. The van der Waals surface area contributed by atoms with Crippen LogP contribution >= 0.6 is 0 Å². The van der Waals surface area contributed by atoms with E-state index >= 15 is 0 Å². The highest BCUT2D eigenvalue weighted by Gasteiger charge is 2.49. The number of carbonyl (C=O) groups is 3. The fourth-order valence-electron chi connectivity index (χ4n) is 4.43. The summed E-state index contributed by atoms with van der Waals surface area (Å²) in [4.78, 5) is 37.6. The first-order valence-electron chi connectivity index (χ1n) is 10.0. The van der Waals surface area contributed by atoms with Gasteiger partial charge in [0.2, 0.25) is 0 Å². The molecular formula is C22H22N4O4. The van der Waals surface area contributed by atoms with E-state index in [0.29, 0.717) is 32.5 Å². The molecule has 8 nitrogen and oxygen atoms in total. The van der Waals surface area contributed by atoms with Gasteiger partial charge in [-0.2, -0.15) is 0 Å². The minimum atomic E-state index is -0.857. The normalized spacial score (nSPS) is 24.6. The maximum atomic E-state index is 12.2. The lowest BCUT2D eigenvalue weighted by Gasteiger charge is -2.18. The van der Waals surface area contributed by atoms with Crippen LogP contribution in [0.15, 0.2) is 48.5 Å². The Labute approximate surface area is 173 Å². The summed E-state index contributed by atoms with van der Waals surface area (Å²) in [6.07, 6.45) is 0.444. The van der Waals surface area contributed by atoms with Crippen molar-refractivity contribution in [1.29, 1.82) is 0 Å². The fraction of sp³-hybridized carbons (Fsp3) is 0.318. The average Bonchev–Trinajstić information content (AvgIpc) is 3.37. The second-order valence-corrected chi connectivity index (χ2v) is 7.98. The number of anilines is 1. The number of cyclic esters (lactones) is 1. The van der Waals surface area contributed by atoms with Crippen LogP contribution in [0, 0.1) is 0 Å². The molecule has 3 aliphatic rings. The number of urea groups is 1. The first kappa shape index (κ1) is 18.5. The standard InChI is InChI=1S/C22H22N4O4/c27-19-22(25-20(28)24-19)11-15-6-7-17(10-16(15)12-22)23-8-9-26-13-18(30-21(26)29)14-4-2-1-3-5-14/h1-7,10,18,23H,8-9,11-13H2,(H2,24,25,27,28). The molecule has 8 heteroatoms. The molecule has 0 bridgehead atoms. The van der Waals surface area contributed by atoms with Crippen molar-refractivity contribution in [2.24, 2.45) is 0 Å². The third-order valence-corrected chi connectivity index (χ3v) is 5.97. The second-order valence-electron chi connectivity index (χ2n) is 7.98. The number of imide groups is 1. The Morgan fingerprint density at radius 3 is 2.63 bits per heavy atom. The minimum Gasteiger partial charge on any atom is -0.439 e. The van der Waals surface area contributed by atoms with Crippen LogP contribution in [-0.2, 0) is 22.4 Å². The minimum absolute atomic E-state index is 0.234. The van der Waals surface area contributed by atoms with Gasteiger partial charge in [-0.15, -0.1) is 0 Å². The summed E-state index contributed by atoms with van der Waals surface area (Å²) in [6, 6.07) is 15.3. The summed E-state index contributed by atoms with van der Waals surface area (Å²) < 4.78 is 5.48. The van der Waals surface area contributed by atoms with Gasteiger partial charge in [0.15, 0.2) is 0 Å². The van der Waals surface area contributed by atoms with E-state index in [1.54, 1.807) is 4.90 Å².